The van der Waals surface area contributed by atoms with Gasteiger partial charge in [-0.15, -0.1) is 0 Å². The molecule has 0 bridgehead atoms. The minimum absolute atomic E-state index is 0.280. The topological polar surface area (TPSA) is 41.5 Å². The van der Waals surface area contributed by atoms with Gasteiger partial charge in [0.2, 0.25) is 0 Å². The molecule has 3 atom stereocenters. The molecule has 0 saturated carbocycles. The first-order chi connectivity index (χ1) is 6.38. The molecule has 2 aliphatic rings. The van der Waals surface area contributed by atoms with Crippen molar-refractivity contribution >= 4 is 0 Å². The molecule has 0 spiro atoms. The molecule has 2 rings (SSSR count). The van der Waals surface area contributed by atoms with Crippen molar-refractivity contribution in [3.8, 4) is 0 Å². The van der Waals surface area contributed by atoms with Crippen molar-refractivity contribution in [2.24, 2.45) is 5.92 Å². The van der Waals surface area contributed by atoms with Crippen LogP contribution < -0.4 is 5.32 Å². The highest BCUT2D eigenvalue weighted by Crippen LogP contribution is 2.25. The maximum atomic E-state index is 8.95. The summed E-state index contributed by atoms with van der Waals surface area (Å²) in [6, 6.07) is 0.339. The lowest BCUT2D eigenvalue weighted by atomic mass is 9.97. The zero-order chi connectivity index (χ0) is 9.10. The molecular formula is C10H19NO2. The number of hydrogen-bond acceptors (Lipinski definition) is 3. The van der Waals surface area contributed by atoms with Crippen molar-refractivity contribution in [2.75, 3.05) is 19.8 Å². The van der Waals surface area contributed by atoms with E-state index in [2.05, 4.69) is 5.32 Å². The molecule has 2 heterocycles. The number of rotatable bonds is 3. The van der Waals surface area contributed by atoms with Crippen molar-refractivity contribution in [2.45, 2.75) is 37.8 Å². The van der Waals surface area contributed by atoms with Crippen LogP contribution in [0.2, 0.25) is 0 Å². The molecule has 2 N–H and O–H groups in total. The second-order valence-electron chi connectivity index (χ2n) is 4.26. The lowest BCUT2D eigenvalue weighted by Gasteiger charge is -2.13. The fourth-order valence-electron chi connectivity index (χ4n) is 2.42. The highest BCUT2D eigenvalue weighted by atomic mass is 16.5. The standard InChI is InChI=1S/C10H19NO2/c12-7-9-4-8(6-11-9)5-10-2-1-3-13-10/h8-12H,1-7H2. The third-order valence-electron chi connectivity index (χ3n) is 3.15. The van der Waals surface area contributed by atoms with Crippen LogP contribution in [0.1, 0.15) is 25.7 Å². The van der Waals surface area contributed by atoms with Gasteiger partial charge in [0, 0.05) is 12.6 Å². The Kier molecular flexibility index (Phi) is 3.19. The summed E-state index contributed by atoms with van der Waals surface area (Å²) < 4.78 is 5.59. The van der Waals surface area contributed by atoms with Gasteiger partial charge in [-0.25, -0.2) is 0 Å². The summed E-state index contributed by atoms with van der Waals surface area (Å²) >= 11 is 0. The number of aliphatic hydroxyl groups excluding tert-OH is 1. The Morgan fingerprint density at radius 2 is 2.38 bits per heavy atom. The second kappa shape index (κ2) is 4.40. The number of aliphatic hydroxyl groups is 1. The van der Waals surface area contributed by atoms with E-state index in [9.17, 15) is 0 Å². The molecule has 3 heteroatoms. The Bertz CT molecular complexity index is 157. The van der Waals surface area contributed by atoms with Crippen LogP contribution in [-0.4, -0.2) is 37.0 Å². The van der Waals surface area contributed by atoms with Crippen molar-refractivity contribution in [1.29, 1.82) is 0 Å². The molecule has 13 heavy (non-hydrogen) atoms. The van der Waals surface area contributed by atoms with Gasteiger partial charge < -0.3 is 15.2 Å². The maximum absolute atomic E-state index is 8.95. The van der Waals surface area contributed by atoms with Crippen molar-refractivity contribution < 1.29 is 9.84 Å². The van der Waals surface area contributed by atoms with Crippen molar-refractivity contribution in [3.05, 3.63) is 0 Å². The van der Waals surface area contributed by atoms with Gasteiger partial charge in [-0.3, -0.25) is 0 Å². The van der Waals surface area contributed by atoms with Crippen LogP contribution in [0.5, 0.6) is 0 Å². The zero-order valence-corrected chi connectivity index (χ0v) is 8.04. The van der Waals surface area contributed by atoms with Gasteiger partial charge in [0.05, 0.1) is 12.7 Å². The SMILES string of the molecule is OCC1CC(CC2CCCO2)CN1. The highest BCUT2D eigenvalue weighted by molar-refractivity contribution is 4.83. The van der Waals surface area contributed by atoms with Gasteiger partial charge in [-0.05, 0) is 38.1 Å². The Labute approximate surface area is 79.5 Å². The minimum Gasteiger partial charge on any atom is -0.395 e. The fraction of sp³-hybridized carbons (Fsp3) is 1.00. The van der Waals surface area contributed by atoms with Gasteiger partial charge in [0.1, 0.15) is 0 Å². The molecule has 0 aromatic rings. The lowest BCUT2D eigenvalue weighted by Crippen LogP contribution is -2.24. The predicted molar refractivity (Wildman–Crippen MR) is 50.6 cm³/mol. The van der Waals surface area contributed by atoms with Crippen LogP contribution in [0.25, 0.3) is 0 Å². The maximum Gasteiger partial charge on any atom is 0.0584 e. The first-order valence-electron chi connectivity index (χ1n) is 5.34. The third-order valence-corrected chi connectivity index (χ3v) is 3.15. The Morgan fingerprint density at radius 3 is 3.00 bits per heavy atom. The van der Waals surface area contributed by atoms with Gasteiger partial charge >= 0.3 is 0 Å². The van der Waals surface area contributed by atoms with Crippen LogP contribution in [-0.2, 0) is 4.74 Å². The molecule has 0 amide bonds. The molecule has 0 aromatic heterocycles. The van der Waals surface area contributed by atoms with Crippen LogP contribution in [0.15, 0.2) is 0 Å². The second-order valence-corrected chi connectivity index (χ2v) is 4.26. The molecule has 76 valence electrons. The van der Waals surface area contributed by atoms with E-state index >= 15 is 0 Å². The van der Waals surface area contributed by atoms with Gasteiger partial charge in [0.15, 0.2) is 0 Å². The summed E-state index contributed by atoms with van der Waals surface area (Å²) in [4.78, 5) is 0. The lowest BCUT2D eigenvalue weighted by molar-refractivity contribution is 0.0912. The predicted octanol–water partition coefficient (Wildman–Crippen LogP) is 0.526. The van der Waals surface area contributed by atoms with Crippen LogP contribution >= 0.6 is 0 Å². The Balaban J connectivity index is 1.70. The summed E-state index contributed by atoms with van der Waals surface area (Å²) in [7, 11) is 0. The Hall–Kier alpha value is -0.120. The molecule has 0 aliphatic carbocycles. The van der Waals surface area contributed by atoms with Gasteiger partial charge in [-0.2, -0.15) is 0 Å². The molecule has 3 unspecified atom stereocenters. The molecular weight excluding hydrogens is 166 g/mol. The van der Waals surface area contributed by atoms with E-state index in [0.29, 0.717) is 12.1 Å². The minimum atomic E-state index is 0.280. The first-order valence-corrected chi connectivity index (χ1v) is 5.34. The van der Waals surface area contributed by atoms with Crippen molar-refractivity contribution in [1.82, 2.24) is 5.32 Å². The molecule has 3 nitrogen and oxygen atoms in total. The van der Waals surface area contributed by atoms with E-state index in [0.717, 1.165) is 25.5 Å². The first kappa shape index (κ1) is 9.44. The normalized spacial score (nSPS) is 39.9. The smallest absolute Gasteiger partial charge is 0.0584 e. The summed E-state index contributed by atoms with van der Waals surface area (Å²) in [5.41, 5.74) is 0. The largest absolute Gasteiger partial charge is 0.395 e. The third kappa shape index (κ3) is 2.42. The monoisotopic (exact) mass is 185 g/mol. The summed E-state index contributed by atoms with van der Waals surface area (Å²) in [5, 5.41) is 12.3. The van der Waals surface area contributed by atoms with E-state index in [4.69, 9.17) is 9.84 Å². The van der Waals surface area contributed by atoms with Crippen molar-refractivity contribution in [3.63, 3.8) is 0 Å². The fourth-order valence-corrected chi connectivity index (χ4v) is 2.42. The van der Waals surface area contributed by atoms with Gasteiger partial charge in [0.25, 0.3) is 0 Å². The number of nitrogens with one attached hydrogen (secondary N) is 1. The average molecular weight is 185 g/mol. The molecule has 2 saturated heterocycles. The zero-order valence-electron chi connectivity index (χ0n) is 8.04. The molecule has 2 aliphatic heterocycles. The summed E-state index contributed by atoms with van der Waals surface area (Å²) in [6.07, 6.45) is 5.28. The van der Waals surface area contributed by atoms with E-state index in [1.165, 1.54) is 19.3 Å². The van der Waals surface area contributed by atoms with Crippen LogP contribution in [0.3, 0.4) is 0 Å². The highest BCUT2D eigenvalue weighted by Gasteiger charge is 2.27. The number of ether oxygens (including phenoxy) is 1. The molecule has 0 aromatic carbocycles. The molecule has 0 radical (unpaired) electrons. The van der Waals surface area contributed by atoms with E-state index in [-0.39, 0.29) is 6.61 Å². The summed E-state index contributed by atoms with van der Waals surface area (Å²) in [6.45, 7) is 2.29. The quantitative estimate of drug-likeness (QED) is 0.674. The molecule has 2 fully saturated rings. The van der Waals surface area contributed by atoms with E-state index < -0.39 is 0 Å². The van der Waals surface area contributed by atoms with E-state index in [1.54, 1.807) is 0 Å². The average Bonchev–Trinajstić information content (AvgIpc) is 2.76. The van der Waals surface area contributed by atoms with Crippen LogP contribution in [0.4, 0.5) is 0 Å². The Morgan fingerprint density at radius 1 is 1.46 bits per heavy atom. The van der Waals surface area contributed by atoms with E-state index in [1.807, 2.05) is 0 Å². The summed E-state index contributed by atoms with van der Waals surface area (Å²) in [5.74, 6) is 0.722. The number of hydrogen-bond donors (Lipinski definition) is 2. The van der Waals surface area contributed by atoms with Crippen LogP contribution in [0, 0.1) is 5.92 Å². The van der Waals surface area contributed by atoms with Gasteiger partial charge in [-0.1, -0.05) is 0 Å².